The first kappa shape index (κ1) is 20.8. The fourth-order valence-corrected chi connectivity index (χ4v) is 4.01. The SMILES string of the molecule is CCOc1cc(C(=O)OC)c(N2C(N)=NC(N)=NC23CCCCC3)cc1OCC. The molecule has 1 saturated carbocycles. The second kappa shape index (κ2) is 8.59. The molecule has 1 aromatic rings. The molecule has 0 amide bonds. The van der Waals surface area contributed by atoms with Gasteiger partial charge in [-0.3, -0.25) is 4.90 Å². The van der Waals surface area contributed by atoms with Crippen LogP contribution in [0.5, 0.6) is 11.5 Å². The number of aliphatic imine (C=N–C) groups is 2. The van der Waals surface area contributed by atoms with Crippen molar-refractivity contribution in [1.82, 2.24) is 0 Å². The molecule has 4 N–H and O–H groups in total. The Bertz CT molecular complexity index is 830. The van der Waals surface area contributed by atoms with Gasteiger partial charge in [-0.15, -0.1) is 0 Å². The third-order valence-electron chi connectivity index (χ3n) is 5.16. The summed E-state index contributed by atoms with van der Waals surface area (Å²) in [6.07, 6.45) is 4.57. The summed E-state index contributed by atoms with van der Waals surface area (Å²) in [5, 5.41) is 0. The van der Waals surface area contributed by atoms with Crippen molar-refractivity contribution in [2.24, 2.45) is 21.5 Å². The minimum absolute atomic E-state index is 0.149. The third kappa shape index (κ3) is 3.94. The molecule has 1 spiro atoms. The molecule has 0 bridgehead atoms. The van der Waals surface area contributed by atoms with Gasteiger partial charge in [0.05, 0.1) is 31.6 Å². The number of hydrogen-bond acceptors (Lipinski definition) is 9. The summed E-state index contributed by atoms with van der Waals surface area (Å²) in [4.78, 5) is 23.3. The number of benzene rings is 1. The van der Waals surface area contributed by atoms with E-state index in [0.29, 0.717) is 36.0 Å². The molecule has 0 saturated heterocycles. The molecule has 9 nitrogen and oxygen atoms in total. The van der Waals surface area contributed by atoms with Crippen molar-refractivity contribution in [1.29, 1.82) is 0 Å². The number of esters is 1. The number of carbonyl (C=O) groups is 1. The van der Waals surface area contributed by atoms with Crippen molar-refractivity contribution in [2.45, 2.75) is 51.6 Å². The maximum atomic E-state index is 12.7. The molecule has 1 aromatic carbocycles. The fourth-order valence-electron chi connectivity index (χ4n) is 4.01. The van der Waals surface area contributed by atoms with Crippen LogP contribution in [-0.4, -0.2) is 43.9 Å². The zero-order chi connectivity index (χ0) is 21.0. The van der Waals surface area contributed by atoms with E-state index in [0.717, 1.165) is 32.1 Å². The van der Waals surface area contributed by atoms with Crippen molar-refractivity contribution < 1.29 is 19.0 Å². The lowest BCUT2D eigenvalue weighted by molar-refractivity contribution is 0.0600. The highest BCUT2D eigenvalue weighted by Gasteiger charge is 2.44. The first-order chi connectivity index (χ1) is 14.0. The Morgan fingerprint density at radius 2 is 1.72 bits per heavy atom. The van der Waals surface area contributed by atoms with E-state index in [-0.39, 0.29) is 11.9 Å². The molecule has 1 fully saturated rings. The smallest absolute Gasteiger partial charge is 0.340 e. The number of ether oxygens (including phenoxy) is 3. The number of guanidine groups is 2. The van der Waals surface area contributed by atoms with Crippen LogP contribution in [0.1, 0.15) is 56.3 Å². The molecular weight excluding hydrogens is 374 g/mol. The number of nitrogens with two attached hydrogens (primary N) is 2. The van der Waals surface area contributed by atoms with Gasteiger partial charge in [-0.25, -0.2) is 9.79 Å². The van der Waals surface area contributed by atoms with E-state index >= 15 is 0 Å². The fraction of sp³-hybridized carbons (Fsp3) is 0.550. The minimum Gasteiger partial charge on any atom is -0.490 e. The van der Waals surface area contributed by atoms with Crippen LogP contribution in [0.3, 0.4) is 0 Å². The van der Waals surface area contributed by atoms with Gasteiger partial charge >= 0.3 is 5.97 Å². The van der Waals surface area contributed by atoms with Gasteiger partial charge in [0.1, 0.15) is 5.66 Å². The molecule has 158 valence electrons. The van der Waals surface area contributed by atoms with Gasteiger partial charge < -0.3 is 25.7 Å². The monoisotopic (exact) mass is 403 g/mol. The molecule has 1 heterocycles. The Kier molecular flexibility index (Phi) is 6.14. The quantitative estimate of drug-likeness (QED) is 0.699. The minimum atomic E-state index is -0.687. The zero-order valence-corrected chi connectivity index (χ0v) is 17.2. The Morgan fingerprint density at radius 1 is 1.10 bits per heavy atom. The second-order valence-electron chi connectivity index (χ2n) is 6.99. The molecule has 3 rings (SSSR count). The lowest BCUT2D eigenvalue weighted by Gasteiger charge is -2.46. The number of rotatable bonds is 6. The van der Waals surface area contributed by atoms with Gasteiger partial charge in [0.2, 0.25) is 11.9 Å². The van der Waals surface area contributed by atoms with E-state index in [1.54, 1.807) is 17.0 Å². The van der Waals surface area contributed by atoms with Crippen molar-refractivity contribution in [3.05, 3.63) is 17.7 Å². The van der Waals surface area contributed by atoms with Crippen molar-refractivity contribution in [3.63, 3.8) is 0 Å². The number of hydrogen-bond donors (Lipinski definition) is 2. The Labute approximate surface area is 170 Å². The topological polar surface area (TPSA) is 125 Å². The number of methoxy groups -OCH3 is 1. The van der Waals surface area contributed by atoms with E-state index in [1.165, 1.54) is 7.11 Å². The lowest BCUT2D eigenvalue weighted by atomic mass is 9.87. The van der Waals surface area contributed by atoms with Crippen LogP contribution in [0.15, 0.2) is 22.1 Å². The van der Waals surface area contributed by atoms with E-state index in [1.807, 2.05) is 13.8 Å². The normalized spacial score (nSPS) is 18.1. The Balaban J connectivity index is 2.22. The van der Waals surface area contributed by atoms with Crippen molar-refractivity contribution in [2.75, 3.05) is 25.2 Å². The summed E-state index contributed by atoms with van der Waals surface area (Å²) in [6.45, 7) is 4.62. The second-order valence-corrected chi connectivity index (χ2v) is 6.99. The van der Waals surface area contributed by atoms with E-state index < -0.39 is 11.6 Å². The highest BCUT2D eigenvalue weighted by atomic mass is 16.5. The summed E-state index contributed by atoms with van der Waals surface area (Å²) < 4.78 is 16.5. The molecule has 0 aromatic heterocycles. The van der Waals surface area contributed by atoms with Gasteiger partial charge in [0.15, 0.2) is 11.5 Å². The van der Waals surface area contributed by atoms with E-state index in [2.05, 4.69) is 9.98 Å². The summed E-state index contributed by atoms with van der Waals surface area (Å²) in [6, 6.07) is 3.37. The number of anilines is 1. The van der Waals surface area contributed by atoms with Crippen molar-refractivity contribution >= 4 is 23.6 Å². The maximum absolute atomic E-state index is 12.7. The first-order valence-corrected chi connectivity index (χ1v) is 9.97. The molecule has 29 heavy (non-hydrogen) atoms. The van der Waals surface area contributed by atoms with Crippen LogP contribution in [0.4, 0.5) is 5.69 Å². The average molecular weight is 403 g/mol. The van der Waals surface area contributed by atoms with Crippen LogP contribution in [0, 0.1) is 0 Å². The molecule has 0 unspecified atom stereocenters. The lowest BCUT2D eigenvalue weighted by Crippen LogP contribution is -2.58. The van der Waals surface area contributed by atoms with Gasteiger partial charge in [0.25, 0.3) is 0 Å². The Hall–Kier alpha value is -2.97. The highest BCUT2D eigenvalue weighted by Crippen LogP contribution is 2.44. The third-order valence-corrected chi connectivity index (χ3v) is 5.16. The number of carbonyl (C=O) groups excluding carboxylic acids is 1. The highest BCUT2D eigenvalue weighted by molar-refractivity contribution is 6.09. The van der Waals surface area contributed by atoms with Crippen LogP contribution >= 0.6 is 0 Å². The van der Waals surface area contributed by atoms with E-state index in [9.17, 15) is 4.79 Å². The molecule has 1 aliphatic heterocycles. The number of nitrogens with zero attached hydrogens (tertiary/aromatic N) is 3. The maximum Gasteiger partial charge on any atom is 0.340 e. The van der Waals surface area contributed by atoms with Crippen LogP contribution in [0.25, 0.3) is 0 Å². The van der Waals surface area contributed by atoms with Crippen molar-refractivity contribution in [3.8, 4) is 11.5 Å². The zero-order valence-electron chi connectivity index (χ0n) is 17.2. The average Bonchev–Trinajstić information content (AvgIpc) is 2.69. The largest absolute Gasteiger partial charge is 0.490 e. The predicted molar refractivity (Wildman–Crippen MR) is 112 cm³/mol. The molecule has 0 atom stereocenters. The van der Waals surface area contributed by atoms with Gasteiger partial charge in [-0.1, -0.05) is 6.42 Å². The Morgan fingerprint density at radius 3 is 2.31 bits per heavy atom. The first-order valence-electron chi connectivity index (χ1n) is 9.97. The molecule has 9 heteroatoms. The van der Waals surface area contributed by atoms with E-state index in [4.69, 9.17) is 25.7 Å². The van der Waals surface area contributed by atoms with Gasteiger partial charge in [0, 0.05) is 12.1 Å². The van der Waals surface area contributed by atoms with Gasteiger partial charge in [-0.2, -0.15) is 4.99 Å². The van der Waals surface area contributed by atoms with Gasteiger partial charge in [-0.05, 0) is 39.5 Å². The summed E-state index contributed by atoms with van der Waals surface area (Å²) in [7, 11) is 1.34. The molecule has 0 radical (unpaired) electrons. The predicted octanol–water partition coefficient (Wildman–Crippen LogP) is 2.38. The molecular formula is C20H29N5O4. The van der Waals surface area contributed by atoms with Crippen LogP contribution in [0.2, 0.25) is 0 Å². The summed E-state index contributed by atoms with van der Waals surface area (Å²) in [5.74, 6) is 0.808. The van der Waals surface area contributed by atoms with Crippen LogP contribution < -0.4 is 25.8 Å². The molecule has 1 aliphatic carbocycles. The summed E-state index contributed by atoms with van der Waals surface area (Å²) >= 11 is 0. The van der Waals surface area contributed by atoms with Crippen LogP contribution in [-0.2, 0) is 4.74 Å². The summed E-state index contributed by atoms with van der Waals surface area (Å²) in [5.41, 5.74) is 12.4. The standard InChI is InChI=1S/C20H29N5O4/c1-4-28-15-11-13(17(26)27-3)14(12-16(15)29-5-2)25-19(22)23-18(21)24-20(25)9-7-6-8-10-20/h11-12H,4-10H2,1-3H3,(H4,21,22,23,24). The molecule has 2 aliphatic rings.